The quantitative estimate of drug-likeness (QED) is 0.301. The van der Waals surface area contributed by atoms with E-state index in [0.29, 0.717) is 0 Å². The lowest BCUT2D eigenvalue weighted by atomic mass is 10.1. The number of hydrogen-bond acceptors (Lipinski definition) is 0. The van der Waals surface area contributed by atoms with Crippen LogP contribution in [-0.2, 0) is 0 Å². The van der Waals surface area contributed by atoms with Crippen LogP contribution < -0.4 is 0 Å². The lowest BCUT2D eigenvalue weighted by molar-refractivity contribution is 0.626. The molecule has 0 aromatic carbocycles. The number of rotatable bonds is 10. The van der Waals surface area contributed by atoms with Gasteiger partial charge in [0.1, 0.15) is 0 Å². The molecule has 0 aliphatic heterocycles. The Labute approximate surface area is 118 Å². The van der Waals surface area contributed by atoms with Gasteiger partial charge in [0.15, 0.2) is 0 Å². The molecule has 0 aromatic rings. The molecule has 0 fully saturated rings. The molecule has 0 rings (SSSR count). The van der Waals surface area contributed by atoms with Crippen LogP contribution in [0.5, 0.6) is 0 Å². The van der Waals surface area contributed by atoms with Gasteiger partial charge in [-0.25, -0.2) is 0 Å². The Bertz CT molecular complexity index is 172. The number of unbranched alkanes of at least 4 members (excludes halogenated alkanes) is 5. The van der Waals surface area contributed by atoms with E-state index < -0.39 is 8.07 Å². The molecule has 0 amide bonds. The van der Waals surface area contributed by atoms with E-state index in [1.54, 1.807) is 6.04 Å². The predicted molar refractivity (Wildman–Crippen MR) is 88.9 cm³/mol. The van der Waals surface area contributed by atoms with Crippen molar-refractivity contribution in [2.24, 2.45) is 0 Å². The van der Waals surface area contributed by atoms with Crippen LogP contribution >= 0.6 is 0 Å². The molecule has 0 nitrogen and oxygen atoms in total. The Morgan fingerprint density at radius 2 is 1.06 bits per heavy atom. The van der Waals surface area contributed by atoms with Crippen molar-refractivity contribution < 1.29 is 0 Å². The van der Waals surface area contributed by atoms with Gasteiger partial charge in [-0.05, 0) is 0 Å². The summed E-state index contributed by atoms with van der Waals surface area (Å²) in [5, 5.41) is 0. The van der Waals surface area contributed by atoms with Gasteiger partial charge in [0.05, 0.1) is 8.07 Å². The molecule has 18 heavy (non-hydrogen) atoms. The predicted octanol–water partition coefficient (Wildman–Crippen LogP) is 6.84. The van der Waals surface area contributed by atoms with E-state index in [1.165, 1.54) is 32.1 Å². The highest BCUT2D eigenvalue weighted by molar-refractivity contribution is 6.83. The zero-order chi connectivity index (χ0) is 14.2. The average Bonchev–Trinajstić information content (AvgIpc) is 2.26. The van der Waals surface area contributed by atoms with Gasteiger partial charge in [-0.2, -0.15) is 0 Å². The maximum absolute atomic E-state index is 3.92. The second kappa shape index (κ2) is 9.17. The van der Waals surface area contributed by atoms with Gasteiger partial charge >= 0.3 is 0 Å². The maximum Gasteiger partial charge on any atom is 0.0612 e. The average molecular weight is 270 g/mol. The Kier molecular flexibility index (Phi) is 9.28. The van der Waals surface area contributed by atoms with E-state index in [1.807, 2.05) is 0 Å². The summed E-state index contributed by atoms with van der Waals surface area (Å²) in [5.41, 5.74) is 2.78. The van der Waals surface area contributed by atoms with Crippen LogP contribution in [0.25, 0.3) is 0 Å². The first-order valence-corrected chi connectivity index (χ1v) is 10.6. The van der Waals surface area contributed by atoms with Crippen molar-refractivity contribution in [1.29, 1.82) is 0 Å². The molecule has 109 valence electrons. The molecule has 0 atom stereocenters. The highest BCUT2D eigenvalue weighted by Crippen LogP contribution is 2.45. The van der Waals surface area contributed by atoms with E-state index >= 15 is 0 Å². The summed E-state index contributed by atoms with van der Waals surface area (Å²) in [6.45, 7) is 18.8. The van der Waals surface area contributed by atoms with Crippen molar-refractivity contribution >= 4 is 8.07 Å². The van der Waals surface area contributed by atoms with Gasteiger partial charge in [0.2, 0.25) is 0 Å². The summed E-state index contributed by atoms with van der Waals surface area (Å²) in [5.74, 6) is 0. The zero-order valence-electron chi connectivity index (χ0n) is 13.9. The van der Waals surface area contributed by atoms with Crippen molar-refractivity contribution in [3.05, 3.63) is 6.92 Å². The molecule has 0 heterocycles. The standard InChI is InChI=1S/C17H37Si/c1-8-9-10-11-12-13-14-18(15(2)3,16(4)5)17(6)7/h15-17H,1,8-14H2,2-7H3. The summed E-state index contributed by atoms with van der Waals surface area (Å²) >= 11 is 0. The number of hydrogen-bond donors (Lipinski definition) is 0. The minimum Gasteiger partial charge on any atom is -0.0651 e. The van der Waals surface area contributed by atoms with Gasteiger partial charge in [-0.3, -0.25) is 0 Å². The summed E-state index contributed by atoms with van der Waals surface area (Å²) < 4.78 is 0. The van der Waals surface area contributed by atoms with Crippen molar-refractivity contribution in [2.75, 3.05) is 0 Å². The van der Waals surface area contributed by atoms with Crippen LogP contribution in [0.2, 0.25) is 22.7 Å². The smallest absolute Gasteiger partial charge is 0.0612 e. The van der Waals surface area contributed by atoms with Crippen LogP contribution in [0.1, 0.15) is 80.1 Å². The maximum atomic E-state index is 3.92. The summed E-state index contributed by atoms with van der Waals surface area (Å²) in [6.07, 6.45) is 8.17. The van der Waals surface area contributed by atoms with Crippen molar-refractivity contribution in [1.82, 2.24) is 0 Å². The van der Waals surface area contributed by atoms with Crippen molar-refractivity contribution in [3.8, 4) is 0 Å². The molecule has 0 N–H and O–H groups in total. The molecule has 1 radical (unpaired) electrons. The summed E-state index contributed by atoms with van der Waals surface area (Å²) in [6, 6.07) is 1.55. The van der Waals surface area contributed by atoms with Crippen LogP contribution in [0.15, 0.2) is 0 Å². The molecule has 0 unspecified atom stereocenters. The first-order valence-electron chi connectivity index (χ1n) is 8.18. The third kappa shape index (κ3) is 5.07. The van der Waals surface area contributed by atoms with Crippen molar-refractivity contribution in [3.63, 3.8) is 0 Å². The van der Waals surface area contributed by atoms with Gasteiger partial charge in [-0.15, -0.1) is 0 Å². The zero-order valence-corrected chi connectivity index (χ0v) is 14.9. The van der Waals surface area contributed by atoms with Gasteiger partial charge in [0, 0.05) is 0 Å². The monoisotopic (exact) mass is 269 g/mol. The fourth-order valence-corrected chi connectivity index (χ4v) is 10.6. The molecule has 1 heteroatoms. The molecule has 0 bridgehead atoms. The largest absolute Gasteiger partial charge is 0.0651 e. The lowest BCUT2D eigenvalue weighted by Gasteiger charge is -2.43. The van der Waals surface area contributed by atoms with Gasteiger partial charge < -0.3 is 0 Å². The lowest BCUT2D eigenvalue weighted by Crippen LogP contribution is -2.44. The van der Waals surface area contributed by atoms with E-state index in [4.69, 9.17) is 0 Å². The minimum absolute atomic E-state index is 0.928. The highest BCUT2D eigenvalue weighted by atomic mass is 28.3. The fourth-order valence-electron chi connectivity index (χ4n) is 4.00. The van der Waals surface area contributed by atoms with E-state index in [9.17, 15) is 0 Å². The first kappa shape index (κ1) is 18.2. The first-order chi connectivity index (χ1) is 8.39. The molecular formula is C17H37Si. The normalized spacial score (nSPS) is 13.0. The summed E-state index contributed by atoms with van der Waals surface area (Å²) in [4.78, 5) is 0. The van der Waals surface area contributed by atoms with Gasteiger partial charge in [0.25, 0.3) is 0 Å². The van der Waals surface area contributed by atoms with Crippen LogP contribution in [0.3, 0.4) is 0 Å². The second-order valence-electron chi connectivity index (χ2n) is 6.95. The Balaban J connectivity index is 4.26. The second-order valence-corrected chi connectivity index (χ2v) is 13.1. The molecule has 0 aromatic heterocycles. The Hall–Kier alpha value is 0.217. The third-order valence-corrected chi connectivity index (χ3v) is 12.8. The molecular weight excluding hydrogens is 232 g/mol. The van der Waals surface area contributed by atoms with Crippen LogP contribution in [0, 0.1) is 6.92 Å². The van der Waals surface area contributed by atoms with Crippen LogP contribution in [-0.4, -0.2) is 8.07 Å². The third-order valence-electron chi connectivity index (χ3n) is 5.08. The molecule has 0 aliphatic rings. The molecule has 0 saturated carbocycles. The van der Waals surface area contributed by atoms with E-state index in [0.717, 1.165) is 23.0 Å². The Morgan fingerprint density at radius 3 is 1.44 bits per heavy atom. The highest BCUT2D eigenvalue weighted by Gasteiger charge is 2.41. The van der Waals surface area contributed by atoms with Crippen molar-refractivity contribution in [2.45, 2.75) is 103 Å². The summed E-state index contributed by atoms with van der Waals surface area (Å²) in [7, 11) is -1.11. The SMILES string of the molecule is [CH2]CCCCCCC[Si](C(C)C)(C(C)C)C(C)C. The van der Waals surface area contributed by atoms with E-state index in [2.05, 4.69) is 48.5 Å². The van der Waals surface area contributed by atoms with Gasteiger partial charge in [-0.1, -0.05) is 110 Å². The molecule has 0 saturated heterocycles. The topological polar surface area (TPSA) is 0 Å². The Morgan fingerprint density at radius 1 is 0.667 bits per heavy atom. The molecule has 0 spiro atoms. The fraction of sp³-hybridized carbons (Fsp3) is 0.941. The molecule has 0 aliphatic carbocycles. The van der Waals surface area contributed by atoms with E-state index in [-0.39, 0.29) is 0 Å². The van der Waals surface area contributed by atoms with Crippen LogP contribution in [0.4, 0.5) is 0 Å². The minimum atomic E-state index is -1.11.